The van der Waals surface area contributed by atoms with Gasteiger partial charge in [-0.2, -0.15) is 0 Å². The minimum absolute atomic E-state index is 0.0675. The maximum atomic E-state index is 12.3. The average molecular weight is 267 g/mol. The fourth-order valence-corrected chi connectivity index (χ4v) is 2.44. The van der Waals surface area contributed by atoms with Gasteiger partial charge >= 0.3 is 5.97 Å². The molecular formula is C15H25NO3. The van der Waals surface area contributed by atoms with Gasteiger partial charge < -0.3 is 9.64 Å². The van der Waals surface area contributed by atoms with Crippen LogP contribution in [0.3, 0.4) is 0 Å². The van der Waals surface area contributed by atoms with Crippen LogP contribution < -0.4 is 0 Å². The molecule has 1 aliphatic heterocycles. The van der Waals surface area contributed by atoms with Crippen molar-refractivity contribution in [2.24, 2.45) is 0 Å². The smallest absolute Gasteiger partial charge is 0.331 e. The van der Waals surface area contributed by atoms with Crippen LogP contribution in [-0.2, 0) is 14.3 Å². The molecule has 0 N–H and O–H groups in total. The number of piperidine rings is 1. The summed E-state index contributed by atoms with van der Waals surface area (Å²) in [5, 5.41) is 0. The van der Waals surface area contributed by atoms with Crippen molar-refractivity contribution in [2.75, 3.05) is 6.54 Å². The lowest BCUT2D eigenvalue weighted by Gasteiger charge is -2.36. The van der Waals surface area contributed by atoms with Gasteiger partial charge in [-0.25, -0.2) is 4.79 Å². The van der Waals surface area contributed by atoms with Crippen LogP contribution in [0.4, 0.5) is 0 Å². The highest BCUT2D eigenvalue weighted by molar-refractivity contribution is 5.87. The van der Waals surface area contributed by atoms with E-state index < -0.39 is 12.1 Å². The first-order valence-electron chi connectivity index (χ1n) is 7.11. The number of rotatable bonds is 4. The van der Waals surface area contributed by atoms with Crippen molar-refractivity contribution < 1.29 is 14.3 Å². The predicted octanol–water partition coefficient (Wildman–Crippen LogP) is 2.68. The van der Waals surface area contributed by atoms with E-state index >= 15 is 0 Å². The van der Waals surface area contributed by atoms with Crippen molar-refractivity contribution in [1.29, 1.82) is 0 Å². The lowest BCUT2D eigenvalue weighted by atomic mass is 9.99. The lowest BCUT2D eigenvalue weighted by Crippen LogP contribution is -2.48. The van der Waals surface area contributed by atoms with Crippen molar-refractivity contribution in [1.82, 2.24) is 4.90 Å². The molecule has 19 heavy (non-hydrogen) atoms. The quantitative estimate of drug-likeness (QED) is 0.581. The normalized spacial score (nSPS) is 20.6. The van der Waals surface area contributed by atoms with E-state index in [2.05, 4.69) is 6.92 Å². The van der Waals surface area contributed by atoms with Crippen LogP contribution in [0.25, 0.3) is 0 Å². The minimum Gasteiger partial charge on any atom is -0.449 e. The molecule has 0 aromatic rings. The largest absolute Gasteiger partial charge is 0.449 e. The molecule has 108 valence electrons. The Balaban J connectivity index is 2.60. The molecule has 0 spiro atoms. The monoisotopic (exact) mass is 267 g/mol. The Morgan fingerprint density at radius 2 is 2.05 bits per heavy atom. The fourth-order valence-electron chi connectivity index (χ4n) is 2.44. The maximum Gasteiger partial charge on any atom is 0.331 e. The number of carbonyl (C=O) groups excluding carboxylic acids is 2. The van der Waals surface area contributed by atoms with Crippen molar-refractivity contribution in [3.05, 3.63) is 11.6 Å². The van der Waals surface area contributed by atoms with Crippen molar-refractivity contribution in [3.63, 3.8) is 0 Å². The number of likely N-dealkylation sites (tertiary alicyclic amines) is 1. The van der Waals surface area contributed by atoms with Gasteiger partial charge in [-0.3, -0.25) is 4.79 Å². The summed E-state index contributed by atoms with van der Waals surface area (Å²) in [6.07, 6.45) is 4.94. The highest BCUT2D eigenvalue weighted by atomic mass is 16.5. The summed E-state index contributed by atoms with van der Waals surface area (Å²) in [5.41, 5.74) is 0.869. The van der Waals surface area contributed by atoms with Crippen LogP contribution in [0.1, 0.15) is 53.4 Å². The van der Waals surface area contributed by atoms with Gasteiger partial charge in [-0.1, -0.05) is 12.5 Å². The summed E-state index contributed by atoms with van der Waals surface area (Å²) < 4.78 is 5.16. The van der Waals surface area contributed by atoms with Crippen LogP contribution in [-0.4, -0.2) is 35.5 Å². The molecule has 0 bridgehead atoms. The number of esters is 1. The molecule has 1 heterocycles. The summed E-state index contributed by atoms with van der Waals surface area (Å²) >= 11 is 0. The molecule has 0 saturated carbocycles. The van der Waals surface area contributed by atoms with E-state index in [9.17, 15) is 9.59 Å². The maximum absolute atomic E-state index is 12.3. The number of amides is 1. The summed E-state index contributed by atoms with van der Waals surface area (Å²) in [6, 6.07) is 0.297. The lowest BCUT2D eigenvalue weighted by molar-refractivity contribution is -0.157. The average Bonchev–Trinajstić information content (AvgIpc) is 2.36. The first-order valence-corrected chi connectivity index (χ1v) is 7.11. The summed E-state index contributed by atoms with van der Waals surface area (Å²) in [7, 11) is 0. The van der Waals surface area contributed by atoms with E-state index in [0.29, 0.717) is 6.04 Å². The van der Waals surface area contributed by atoms with Gasteiger partial charge in [0.2, 0.25) is 0 Å². The van der Waals surface area contributed by atoms with Crippen molar-refractivity contribution in [3.8, 4) is 0 Å². The first kappa shape index (κ1) is 15.7. The predicted molar refractivity (Wildman–Crippen MR) is 74.6 cm³/mol. The molecule has 1 fully saturated rings. The van der Waals surface area contributed by atoms with Crippen molar-refractivity contribution in [2.45, 2.75) is 65.5 Å². The van der Waals surface area contributed by atoms with Crippen LogP contribution in [0.15, 0.2) is 11.6 Å². The standard InChI is InChI=1S/C15H25NO3/c1-5-13-8-6-7-9-16(13)15(18)12(4)19-14(17)10-11(2)3/h10,12-13H,5-9H2,1-4H3/t12-,13-/m1/s1. The van der Waals surface area contributed by atoms with Gasteiger partial charge in [0, 0.05) is 18.7 Å². The third-order valence-corrected chi connectivity index (χ3v) is 3.43. The van der Waals surface area contributed by atoms with Gasteiger partial charge in [0.15, 0.2) is 6.10 Å². The number of carbonyl (C=O) groups is 2. The Kier molecular flexibility index (Phi) is 6.06. The Morgan fingerprint density at radius 3 is 2.63 bits per heavy atom. The molecule has 1 saturated heterocycles. The van der Waals surface area contributed by atoms with Crippen LogP contribution in [0.2, 0.25) is 0 Å². The minimum atomic E-state index is -0.699. The van der Waals surface area contributed by atoms with Crippen LogP contribution in [0, 0.1) is 0 Å². The van der Waals surface area contributed by atoms with Crippen LogP contribution in [0.5, 0.6) is 0 Å². The molecule has 0 aliphatic carbocycles. The molecule has 1 rings (SSSR count). The highest BCUT2D eigenvalue weighted by Crippen LogP contribution is 2.20. The molecule has 0 unspecified atom stereocenters. The van der Waals surface area contributed by atoms with E-state index in [1.165, 1.54) is 12.5 Å². The van der Waals surface area contributed by atoms with E-state index in [-0.39, 0.29) is 5.91 Å². The molecule has 0 aromatic carbocycles. The van der Waals surface area contributed by atoms with Gasteiger partial charge in [-0.15, -0.1) is 0 Å². The molecule has 4 nitrogen and oxygen atoms in total. The van der Waals surface area contributed by atoms with Gasteiger partial charge in [-0.05, 0) is 46.5 Å². The SMILES string of the molecule is CC[C@@H]1CCCCN1C(=O)[C@@H](C)OC(=O)C=C(C)C. The summed E-state index contributed by atoms with van der Waals surface area (Å²) in [5.74, 6) is -0.507. The van der Waals surface area contributed by atoms with E-state index in [4.69, 9.17) is 4.74 Å². The number of hydrogen-bond acceptors (Lipinski definition) is 3. The molecule has 0 radical (unpaired) electrons. The zero-order chi connectivity index (χ0) is 14.4. The molecule has 4 heteroatoms. The second-order valence-corrected chi connectivity index (χ2v) is 5.39. The third-order valence-electron chi connectivity index (χ3n) is 3.43. The van der Waals surface area contributed by atoms with E-state index in [1.54, 1.807) is 6.92 Å². The molecule has 1 aliphatic rings. The second-order valence-electron chi connectivity index (χ2n) is 5.39. The second kappa shape index (κ2) is 7.31. The summed E-state index contributed by atoms with van der Waals surface area (Å²) in [4.78, 5) is 25.7. The zero-order valence-electron chi connectivity index (χ0n) is 12.4. The first-order chi connectivity index (χ1) is 8.95. The molecule has 2 atom stereocenters. The summed E-state index contributed by atoms with van der Waals surface area (Å²) in [6.45, 7) is 8.18. The number of nitrogens with zero attached hydrogens (tertiary/aromatic N) is 1. The van der Waals surface area contributed by atoms with E-state index in [1.807, 2.05) is 18.7 Å². The van der Waals surface area contributed by atoms with Crippen molar-refractivity contribution >= 4 is 11.9 Å². The zero-order valence-corrected chi connectivity index (χ0v) is 12.4. The van der Waals surface area contributed by atoms with Gasteiger partial charge in [0.25, 0.3) is 5.91 Å². The highest BCUT2D eigenvalue weighted by Gasteiger charge is 2.30. The Hall–Kier alpha value is -1.32. The van der Waals surface area contributed by atoms with E-state index in [0.717, 1.165) is 31.4 Å². The fraction of sp³-hybridized carbons (Fsp3) is 0.733. The topological polar surface area (TPSA) is 46.6 Å². The Morgan fingerprint density at radius 1 is 1.37 bits per heavy atom. The Bertz CT molecular complexity index is 358. The number of hydrogen-bond donors (Lipinski definition) is 0. The third kappa shape index (κ3) is 4.69. The van der Waals surface area contributed by atoms with Crippen LogP contribution >= 0.6 is 0 Å². The Labute approximate surface area is 115 Å². The molecule has 0 aromatic heterocycles. The molecular weight excluding hydrogens is 242 g/mol. The number of allylic oxidation sites excluding steroid dienone is 1. The molecule has 1 amide bonds. The number of ether oxygens (including phenoxy) is 1. The van der Waals surface area contributed by atoms with Gasteiger partial charge in [0.1, 0.15) is 0 Å². The van der Waals surface area contributed by atoms with Gasteiger partial charge in [0.05, 0.1) is 0 Å².